The van der Waals surface area contributed by atoms with Crippen molar-refractivity contribution in [2.45, 2.75) is 6.92 Å². The molecular formula is C9H14N2O. The summed E-state index contributed by atoms with van der Waals surface area (Å²) in [7, 11) is 1.83. The van der Waals surface area contributed by atoms with E-state index < -0.39 is 0 Å². The lowest BCUT2D eigenvalue weighted by Crippen LogP contribution is -2.00. The quantitative estimate of drug-likeness (QED) is 0.672. The lowest BCUT2D eigenvalue weighted by atomic mass is 10.2. The Morgan fingerprint density at radius 2 is 2.25 bits per heavy atom. The zero-order valence-corrected chi connectivity index (χ0v) is 7.42. The fourth-order valence-electron chi connectivity index (χ4n) is 1.04. The summed E-state index contributed by atoms with van der Waals surface area (Å²) < 4.78 is 5.31. The van der Waals surface area contributed by atoms with Crippen molar-refractivity contribution in [3.05, 3.63) is 18.2 Å². The van der Waals surface area contributed by atoms with E-state index in [1.165, 1.54) is 0 Å². The van der Waals surface area contributed by atoms with Crippen LogP contribution in [0.5, 0.6) is 5.75 Å². The van der Waals surface area contributed by atoms with Gasteiger partial charge in [-0.15, -0.1) is 0 Å². The monoisotopic (exact) mass is 166 g/mol. The molecule has 66 valence electrons. The van der Waals surface area contributed by atoms with Crippen LogP contribution in [0.3, 0.4) is 0 Å². The average molecular weight is 166 g/mol. The molecule has 1 aromatic rings. The van der Waals surface area contributed by atoms with E-state index in [4.69, 9.17) is 10.5 Å². The highest BCUT2D eigenvalue weighted by atomic mass is 16.5. The van der Waals surface area contributed by atoms with Crippen molar-refractivity contribution in [2.24, 2.45) is 0 Å². The van der Waals surface area contributed by atoms with Gasteiger partial charge in [0.15, 0.2) is 0 Å². The standard InChI is InChI=1S/C9H14N2O/c1-3-12-8-6-4-5-7(11-2)9(8)10/h4-6,11H,3,10H2,1-2H3. The Morgan fingerprint density at radius 1 is 1.50 bits per heavy atom. The zero-order chi connectivity index (χ0) is 8.97. The number of para-hydroxylation sites is 1. The molecule has 1 aromatic carbocycles. The Morgan fingerprint density at radius 3 is 2.83 bits per heavy atom. The topological polar surface area (TPSA) is 47.3 Å². The summed E-state index contributed by atoms with van der Waals surface area (Å²) in [5.74, 6) is 0.740. The second-order valence-corrected chi connectivity index (χ2v) is 2.40. The maximum absolute atomic E-state index is 5.79. The van der Waals surface area contributed by atoms with Gasteiger partial charge in [-0.1, -0.05) is 6.07 Å². The highest BCUT2D eigenvalue weighted by Gasteiger charge is 2.02. The first-order chi connectivity index (χ1) is 5.79. The Labute approximate surface area is 72.5 Å². The first kappa shape index (κ1) is 8.71. The molecular weight excluding hydrogens is 152 g/mol. The van der Waals surface area contributed by atoms with E-state index in [2.05, 4.69) is 5.32 Å². The minimum atomic E-state index is 0.636. The minimum absolute atomic E-state index is 0.636. The third-order valence-corrected chi connectivity index (χ3v) is 1.64. The number of benzene rings is 1. The van der Waals surface area contributed by atoms with Crippen molar-refractivity contribution in [2.75, 3.05) is 24.7 Å². The largest absolute Gasteiger partial charge is 0.492 e. The van der Waals surface area contributed by atoms with Crippen LogP contribution in [-0.2, 0) is 0 Å². The lowest BCUT2D eigenvalue weighted by molar-refractivity contribution is 0.342. The van der Waals surface area contributed by atoms with Crippen LogP contribution in [-0.4, -0.2) is 13.7 Å². The SMILES string of the molecule is CCOc1cccc(NC)c1N. The number of rotatable bonds is 3. The Bertz CT molecular complexity index is 261. The van der Waals surface area contributed by atoms with Gasteiger partial charge in [-0.25, -0.2) is 0 Å². The van der Waals surface area contributed by atoms with Gasteiger partial charge in [0.05, 0.1) is 18.0 Å². The summed E-state index contributed by atoms with van der Waals surface area (Å²) >= 11 is 0. The molecule has 0 aliphatic heterocycles. The minimum Gasteiger partial charge on any atom is -0.492 e. The highest BCUT2D eigenvalue weighted by Crippen LogP contribution is 2.28. The van der Waals surface area contributed by atoms with Crippen molar-refractivity contribution >= 4 is 11.4 Å². The molecule has 0 saturated carbocycles. The highest BCUT2D eigenvalue weighted by molar-refractivity contribution is 5.72. The molecule has 3 heteroatoms. The molecule has 0 atom stereocenters. The Kier molecular flexibility index (Phi) is 2.80. The summed E-state index contributed by atoms with van der Waals surface area (Å²) in [4.78, 5) is 0. The summed E-state index contributed by atoms with van der Waals surface area (Å²) in [6, 6.07) is 5.69. The summed E-state index contributed by atoms with van der Waals surface area (Å²) in [5, 5.41) is 2.99. The van der Waals surface area contributed by atoms with E-state index >= 15 is 0 Å². The van der Waals surface area contributed by atoms with E-state index in [1.54, 1.807) is 0 Å². The summed E-state index contributed by atoms with van der Waals surface area (Å²) in [5.41, 5.74) is 7.36. The number of nitrogens with two attached hydrogens (primary N) is 1. The van der Waals surface area contributed by atoms with Crippen LogP contribution in [0.2, 0.25) is 0 Å². The lowest BCUT2D eigenvalue weighted by Gasteiger charge is -2.10. The van der Waals surface area contributed by atoms with E-state index in [1.807, 2.05) is 32.2 Å². The van der Waals surface area contributed by atoms with Gasteiger partial charge >= 0.3 is 0 Å². The van der Waals surface area contributed by atoms with E-state index in [-0.39, 0.29) is 0 Å². The average Bonchev–Trinajstić information content (AvgIpc) is 2.09. The molecule has 0 heterocycles. The second-order valence-electron chi connectivity index (χ2n) is 2.40. The van der Waals surface area contributed by atoms with Gasteiger partial charge in [-0.05, 0) is 19.1 Å². The molecule has 0 aliphatic rings. The van der Waals surface area contributed by atoms with Crippen molar-refractivity contribution in [1.29, 1.82) is 0 Å². The van der Waals surface area contributed by atoms with Gasteiger partial charge in [0.25, 0.3) is 0 Å². The molecule has 1 rings (SSSR count). The molecule has 0 aromatic heterocycles. The van der Waals surface area contributed by atoms with Crippen molar-refractivity contribution < 1.29 is 4.74 Å². The maximum atomic E-state index is 5.79. The summed E-state index contributed by atoms with van der Waals surface area (Å²) in [6.45, 7) is 2.57. The fraction of sp³-hybridized carbons (Fsp3) is 0.333. The van der Waals surface area contributed by atoms with Crippen LogP contribution in [0, 0.1) is 0 Å². The molecule has 0 saturated heterocycles. The number of hydrogen-bond donors (Lipinski definition) is 2. The number of ether oxygens (including phenoxy) is 1. The molecule has 0 radical (unpaired) electrons. The molecule has 3 N–H and O–H groups in total. The van der Waals surface area contributed by atoms with Crippen molar-refractivity contribution in [3.8, 4) is 5.75 Å². The molecule has 0 aliphatic carbocycles. The molecule has 0 fully saturated rings. The number of anilines is 2. The van der Waals surface area contributed by atoms with E-state index in [0.29, 0.717) is 12.3 Å². The Balaban J connectivity index is 2.97. The first-order valence-corrected chi connectivity index (χ1v) is 3.98. The smallest absolute Gasteiger partial charge is 0.144 e. The molecule has 0 amide bonds. The predicted molar refractivity (Wildman–Crippen MR) is 51.6 cm³/mol. The van der Waals surface area contributed by atoms with Gasteiger partial charge in [0.2, 0.25) is 0 Å². The van der Waals surface area contributed by atoms with Crippen molar-refractivity contribution in [1.82, 2.24) is 0 Å². The van der Waals surface area contributed by atoms with Crippen LogP contribution < -0.4 is 15.8 Å². The van der Waals surface area contributed by atoms with Crippen LogP contribution in [0.25, 0.3) is 0 Å². The van der Waals surface area contributed by atoms with E-state index in [9.17, 15) is 0 Å². The second kappa shape index (κ2) is 3.85. The maximum Gasteiger partial charge on any atom is 0.144 e. The van der Waals surface area contributed by atoms with Crippen LogP contribution >= 0.6 is 0 Å². The van der Waals surface area contributed by atoms with E-state index in [0.717, 1.165) is 11.4 Å². The number of nitrogens with one attached hydrogen (secondary N) is 1. The Hall–Kier alpha value is -1.38. The van der Waals surface area contributed by atoms with Crippen LogP contribution in [0.4, 0.5) is 11.4 Å². The fourth-order valence-corrected chi connectivity index (χ4v) is 1.04. The molecule has 12 heavy (non-hydrogen) atoms. The third-order valence-electron chi connectivity index (χ3n) is 1.64. The number of hydrogen-bond acceptors (Lipinski definition) is 3. The van der Waals surface area contributed by atoms with Crippen LogP contribution in [0.1, 0.15) is 6.92 Å². The van der Waals surface area contributed by atoms with Gasteiger partial charge in [0, 0.05) is 7.05 Å². The molecule has 3 nitrogen and oxygen atoms in total. The number of nitrogen functional groups attached to an aromatic ring is 1. The molecule has 0 spiro atoms. The predicted octanol–water partition coefficient (Wildman–Crippen LogP) is 1.71. The third kappa shape index (κ3) is 1.61. The molecule has 0 unspecified atom stereocenters. The molecule has 0 bridgehead atoms. The normalized spacial score (nSPS) is 9.50. The summed E-state index contributed by atoms with van der Waals surface area (Å²) in [6.07, 6.45) is 0. The van der Waals surface area contributed by atoms with Gasteiger partial charge in [-0.2, -0.15) is 0 Å². The van der Waals surface area contributed by atoms with Crippen molar-refractivity contribution in [3.63, 3.8) is 0 Å². The van der Waals surface area contributed by atoms with Crippen LogP contribution in [0.15, 0.2) is 18.2 Å². The van der Waals surface area contributed by atoms with Gasteiger partial charge in [-0.3, -0.25) is 0 Å². The zero-order valence-electron chi connectivity index (χ0n) is 7.42. The van der Waals surface area contributed by atoms with Gasteiger partial charge < -0.3 is 15.8 Å². The first-order valence-electron chi connectivity index (χ1n) is 3.98. The van der Waals surface area contributed by atoms with Gasteiger partial charge in [0.1, 0.15) is 5.75 Å².